The summed E-state index contributed by atoms with van der Waals surface area (Å²) in [5.41, 5.74) is -4.12. The summed E-state index contributed by atoms with van der Waals surface area (Å²) >= 11 is -0.244. The normalized spacial score (nSPS) is 20.8. The SMILES string of the molecule is O=C(NCC1CCS(=O)(=O)C1)c1ccc(SC(F)(F)F)cc1. The fourth-order valence-corrected chi connectivity index (χ4v) is 4.58. The molecule has 0 aliphatic carbocycles. The molecular weight excluding hydrogens is 339 g/mol. The highest BCUT2D eigenvalue weighted by Gasteiger charge is 2.29. The Morgan fingerprint density at radius 2 is 1.91 bits per heavy atom. The van der Waals surface area contributed by atoms with E-state index in [0.717, 1.165) is 0 Å². The third-order valence-corrected chi connectivity index (χ3v) is 5.80. The van der Waals surface area contributed by atoms with Crippen molar-refractivity contribution in [3.63, 3.8) is 0 Å². The van der Waals surface area contributed by atoms with Crippen LogP contribution in [-0.4, -0.2) is 37.9 Å². The van der Waals surface area contributed by atoms with E-state index in [1.54, 1.807) is 0 Å². The van der Waals surface area contributed by atoms with E-state index in [4.69, 9.17) is 0 Å². The molecule has 1 atom stereocenters. The molecule has 0 aromatic heterocycles. The van der Waals surface area contributed by atoms with Crippen LogP contribution in [0.5, 0.6) is 0 Å². The Labute approximate surface area is 130 Å². The number of hydrogen-bond acceptors (Lipinski definition) is 4. The van der Waals surface area contributed by atoms with Gasteiger partial charge in [0.25, 0.3) is 5.91 Å². The number of halogens is 3. The first-order chi connectivity index (χ1) is 10.1. The molecule has 1 saturated heterocycles. The van der Waals surface area contributed by atoms with Crippen LogP contribution in [0.4, 0.5) is 13.2 Å². The Morgan fingerprint density at radius 3 is 2.41 bits per heavy atom. The minimum absolute atomic E-state index is 0.00550. The fourth-order valence-electron chi connectivity index (χ4n) is 2.18. The number of amides is 1. The van der Waals surface area contributed by atoms with E-state index in [1.807, 2.05) is 0 Å². The van der Waals surface area contributed by atoms with Gasteiger partial charge in [-0.1, -0.05) is 0 Å². The van der Waals surface area contributed by atoms with Crippen LogP contribution in [0.3, 0.4) is 0 Å². The average Bonchev–Trinajstić information content (AvgIpc) is 2.74. The van der Waals surface area contributed by atoms with Crippen LogP contribution in [0.25, 0.3) is 0 Å². The Hall–Kier alpha value is -1.22. The summed E-state index contributed by atoms with van der Waals surface area (Å²) in [5.74, 6) is -0.326. The fraction of sp³-hybridized carbons (Fsp3) is 0.462. The summed E-state index contributed by atoms with van der Waals surface area (Å²) in [4.78, 5) is 11.9. The molecular formula is C13H14F3NO3S2. The van der Waals surface area contributed by atoms with Gasteiger partial charge in [0.15, 0.2) is 9.84 Å². The smallest absolute Gasteiger partial charge is 0.352 e. The van der Waals surface area contributed by atoms with Gasteiger partial charge in [0, 0.05) is 17.0 Å². The first-order valence-electron chi connectivity index (χ1n) is 6.49. The van der Waals surface area contributed by atoms with Gasteiger partial charge in [-0.05, 0) is 48.4 Å². The van der Waals surface area contributed by atoms with Crippen LogP contribution >= 0.6 is 11.8 Å². The number of hydrogen-bond donors (Lipinski definition) is 1. The number of carbonyl (C=O) groups excluding carboxylic acids is 1. The first-order valence-corrected chi connectivity index (χ1v) is 9.13. The molecule has 2 rings (SSSR count). The lowest BCUT2D eigenvalue weighted by molar-refractivity contribution is -0.0328. The van der Waals surface area contributed by atoms with Crippen LogP contribution < -0.4 is 5.32 Å². The highest BCUT2D eigenvalue weighted by Crippen LogP contribution is 2.36. The van der Waals surface area contributed by atoms with E-state index < -0.39 is 21.3 Å². The second kappa shape index (κ2) is 6.49. The lowest BCUT2D eigenvalue weighted by Crippen LogP contribution is -2.29. The molecule has 1 fully saturated rings. The molecule has 122 valence electrons. The quantitative estimate of drug-likeness (QED) is 0.845. The van der Waals surface area contributed by atoms with Crippen LogP contribution in [0.1, 0.15) is 16.8 Å². The third kappa shape index (κ3) is 5.20. The molecule has 1 aliphatic rings. The van der Waals surface area contributed by atoms with Crippen LogP contribution in [-0.2, 0) is 9.84 Å². The summed E-state index contributed by atoms with van der Waals surface area (Å²) in [6.45, 7) is 0.247. The maximum Gasteiger partial charge on any atom is 0.446 e. The van der Waals surface area contributed by atoms with Gasteiger partial charge in [0.05, 0.1) is 11.5 Å². The molecule has 1 unspecified atom stereocenters. The Balaban J connectivity index is 1.88. The van der Waals surface area contributed by atoms with Crippen molar-refractivity contribution in [2.75, 3.05) is 18.1 Å². The zero-order valence-corrected chi connectivity index (χ0v) is 13.0. The van der Waals surface area contributed by atoms with Crippen LogP contribution in [0.2, 0.25) is 0 Å². The van der Waals surface area contributed by atoms with Crippen LogP contribution in [0, 0.1) is 5.92 Å². The van der Waals surface area contributed by atoms with E-state index in [0.29, 0.717) is 6.42 Å². The van der Waals surface area contributed by atoms with Gasteiger partial charge in [-0.25, -0.2) is 8.42 Å². The molecule has 1 aromatic rings. The number of nitrogens with one attached hydrogen (secondary N) is 1. The van der Waals surface area contributed by atoms with Crippen molar-refractivity contribution in [3.8, 4) is 0 Å². The highest BCUT2D eigenvalue weighted by atomic mass is 32.2. The van der Waals surface area contributed by atoms with Crippen molar-refractivity contribution in [1.29, 1.82) is 0 Å². The molecule has 22 heavy (non-hydrogen) atoms. The second-order valence-corrected chi connectivity index (χ2v) is 8.42. The molecule has 0 bridgehead atoms. The van der Waals surface area contributed by atoms with Crippen molar-refractivity contribution in [2.45, 2.75) is 16.8 Å². The highest BCUT2D eigenvalue weighted by molar-refractivity contribution is 8.00. The topological polar surface area (TPSA) is 63.2 Å². The van der Waals surface area contributed by atoms with E-state index in [2.05, 4.69) is 5.32 Å². The van der Waals surface area contributed by atoms with Gasteiger partial charge in [-0.2, -0.15) is 13.2 Å². The Bertz CT molecular complexity index is 641. The van der Waals surface area contributed by atoms with Gasteiger partial charge in [0.2, 0.25) is 0 Å². The largest absolute Gasteiger partial charge is 0.446 e. The van der Waals surface area contributed by atoms with E-state index in [-0.39, 0.29) is 46.2 Å². The number of alkyl halides is 3. The molecule has 1 aliphatic heterocycles. The van der Waals surface area contributed by atoms with Gasteiger partial charge >= 0.3 is 5.51 Å². The van der Waals surface area contributed by atoms with E-state index in [9.17, 15) is 26.4 Å². The lowest BCUT2D eigenvalue weighted by atomic mass is 10.1. The Morgan fingerprint density at radius 1 is 1.27 bits per heavy atom. The monoisotopic (exact) mass is 353 g/mol. The summed E-state index contributed by atoms with van der Waals surface area (Å²) in [5, 5.41) is 2.61. The van der Waals surface area contributed by atoms with Crippen LogP contribution in [0.15, 0.2) is 29.2 Å². The molecule has 1 amide bonds. The third-order valence-electron chi connectivity index (χ3n) is 3.23. The zero-order chi connectivity index (χ0) is 16.4. The van der Waals surface area contributed by atoms with Crippen molar-refractivity contribution in [3.05, 3.63) is 29.8 Å². The molecule has 1 N–H and O–H groups in total. The maximum absolute atomic E-state index is 12.2. The summed E-state index contributed by atoms with van der Waals surface area (Å²) in [6.07, 6.45) is 0.518. The van der Waals surface area contributed by atoms with Gasteiger partial charge in [-0.3, -0.25) is 4.79 Å². The average molecular weight is 353 g/mol. The Kier molecular flexibility index (Phi) is 5.06. The van der Waals surface area contributed by atoms with Crippen molar-refractivity contribution in [1.82, 2.24) is 5.32 Å². The number of thioether (sulfide) groups is 1. The van der Waals surface area contributed by atoms with Crippen molar-refractivity contribution < 1.29 is 26.4 Å². The summed E-state index contributed by atoms with van der Waals surface area (Å²) < 4.78 is 59.2. The second-order valence-electron chi connectivity index (χ2n) is 5.05. The van der Waals surface area contributed by atoms with Crippen molar-refractivity contribution >= 4 is 27.5 Å². The number of sulfone groups is 1. The van der Waals surface area contributed by atoms with Crippen molar-refractivity contribution in [2.24, 2.45) is 5.92 Å². The number of benzene rings is 1. The molecule has 4 nitrogen and oxygen atoms in total. The predicted octanol–water partition coefficient (Wildman–Crippen LogP) is 2.46. The molecule has 1 aromatic carbocycles. The lowest BCUT2D eigenvalue weighted by Gasteiger charge is -2.10. The van der Waals surface area contributed by atoms with Gasteiger partial charge in [0.1, 0.15) is 0 Å². The maximum atomic E-state index is 12.2. The number of rotatable bonds is 4. The van der Waals surface area contributed by atoms with E-state index in [1.165, 1.54) is 24.3 Å². The molecule has 1 heterocycles. The number of carbonyl (C=O) groups is 1. The first kappa shape index (κ1) is 17.1. The standard InChI is InChI=1S/C13H14F3NO3S2/c14-13(15,16)21-11-3-1-10(2-4-11)12(18)17-7-9-5-6-22(19,20)8-9/h1-4,9H,5-8H2,(H,17,18). The summed E-state index contributed by atoms with van der Waals surface area (Å²) in [6, 6.07) is 5.09. The predicted molar refractivity (Wildman–Crippen MR) is 77.4 cm³/mol. The molecule has 9 heteroatoms. The van der Waals surface area contributed by atoms with Gasteiger partial charge < -0.3 is 5.32 Å². The van der Waals surface area contributed by atoms with E-state index >= 15 is 0 Å². The zero-order valence-electron chi connectivity index (χ0n) is 11.4. The molecule has 0 spiro atoms. The molecule has 0 saturated carbocycles. The van der Waals surface area contributed by atoms with Gasteiger partial charge in [-0.15, -0.1) is 0 Å². The summed E-state index contributed by atoms with van der Waals surface area (Å²) in [7, 11) is -2.99. The molecule has 0 radical (unpaired) electrons. The minimum atomic E-state index is -4.36. The minimum Gasteiger partial charge on any atom is -0.352 e.